The number of alkyl halides is 4. The molecule has 2 bridgehead atoms. The molecule has 0 heterocycles. The Morgan fingerprint density at radius 2 is 1.16 bits per heavy atom. The summed E-state index contributed by atoms with van der Waals surface area (Å²) in [7, 11) is 0. The molecule has 0 unspecified atom stereocenters. The largest absolute Gasteiger partial charge is 0.448 e. The van der Waals surface area contributed by atoms with Gasteiger partial charge in [-0.1, -0.05) is 60.7 Å². The number of rotatable bonds is 4. The van der Waals surface area contributed by atoms with Crippen LogP contribution in [0.3, 0.4) is 0 Å². The van der Waals surface area contributed by atoms with E-state index in [-0.39, 0.29) is 0 Å². The lowest BCUT2D eigenvalue weighted by Crippen LogP contribution is -2.75. The Bertz CT molecular complexity index is 1470. The number of carbonyl (C=O) groups is 1. The first-order valence-electron chi connectivity index (χ1n) is 10.8. The molecule has 3 aromatic rings. The van der Waals surface area contributed by atoms with Crippen molar-refractivity contribution >= 4 is 5.78 Å². The maximum atomic E-state index is 16.9. The standard InChI is InChI=1S/C26H12F10O2/c27-14-15(28)17(30)19(18(31)16(14)29)38-22-21(33)26(36)20(32)13(11-7-3-1-4-8-11)24(22,34)23(37)25(26,35)12-9-5-2-6-10-12/h1-10,13,20H/t13-,20-,24-,25+,26+/m0/s1. The molecule has 0 aliphatic heterocycles. The summed E-state index contributed by atoms with van der Waals surface area (Å²) >= 11 is 0. The molecule has 0 saturated heterocycles. The minimum atomic E-state index is -4.68. The fourth-order valence-corrected chi connectivity index (χ4v) is 4.98. The normalized spacial score (nSPS) is 30.6. The third kappa shape index (κ3) is 2.94. The zero-order chi connectivity index (χ0) is 27.8. The highest BCUT2D eigenvalue weighted by Crippen LogP contribution is 2.67. The summed E-state index contributed by atoms with van der Waals surface area (Å²) in [6.45, 7) is 0. The van der Waals surface area contributed by atoms with Gasteiger partial charge in [-0.25, -0.2) is 35.1 Å². The molecular weight excluding hydrogens is 534 g/mol. The number of ketones is 1. The maximum Gasteiger partial charge on any atom is 0.242 e. The van der Waals surface area contributed by atoms with Gasteiger partial charge >= 0.3 is 0 Å². The van der Waals surface area contributed by atoms with Crippen LogP contribution in [0, 0.1) is 29.1 Å². The van der Waals surface area contributed by atoms with Crippen molar-refractivity contribution in [3.05, 3.63) is 112 Å². The summed E-state index contributed by atoms with van der Waals surface area (Å²) in [4.78, 5) is 13.4. The number of benzene rings is 3. The second kappa shape index (κ2) is 8.34. The maximum absolute atomic E-state index is 16.9. The molecule has 5 atom stereocenters. The van der Waals surface area contributed by atoms with E-state index < -0.39 is 92.4 Å². The van der Waals surface area contributed by atoms with E-state index in [1.807, 2.05) is 0 Å². The average molecular weight is 546 g/mol. The molecule has 0 radical (unpaired) electrons. The Kier molecular flexibility index (Phi) is 5.66. The highest BCUT2D eigenvalue weighted by Gasteiger charge is 2.85. The van der Waals surface area contributed by atoms with Gasteiger partial charge in [0.15, 0.2) is 17.8 Å². The lowest BCUT2D eigenvalue weighted by atomic mass is 9.52. The number of ether oxygens (including phenoxy) is 1. The fraction of sp³-hybridized carbons (Fsp3) is 0.192. The van der Waals surface area contributed by atoms with Gasteiger partial charge in [0, 0.05) is 5.56 Å². The quantitative estimate of drug-likeness (QED) is 0.201. The van der Waals surface area contributed by atoms with Gasteiger partial charge in [0.1, 0.15) is 0 Å². The molecule has 198 valence electrons. The van der Waals surface area contributed by atoms with Gasteiger partial charge in [-0.15, -0.1) is 0 Å². The van der Waals surface area contributed by atoms with E-state index in [2.05, 4.69) is 4.74 Å². The molecule has 0 aromatic heterocycles. The topological polar surface area (TPSA) is 26.3 Å². The lowest BCUT2D eigenvalue weighted by molar-refractivity contribution is -0.194. The van der Waals surface area contributed by atoms with Gasteiger partial charge in [0.05, 0.1) is 5.92 Å². The summed E-state index contributed by atoms with van der Waals surface area (Å²) in [6.07, 6.45) is -3.47. The van der Waals surface area contributed by atoms with Crippen molar-refractivity contribution < 1.29 is 53.4 Å². The minimum Gasteiger partial charge on any atom is -0.448 e. The van der Waals surface area contributed by atoms with Crippen LogP contribution in [0.15, 0.2) is 72.2 Å². The Morgan fingerprint density at radius 1 is 0.684 bits per heavy atom. The van der Waals surface area contributed by atoms with Crippen LogP contribution in [-0.4, -0.2) is 23.3 Å². The molecule has 0 amide bonds. The molecule has 3 aliphatic rings. The Labute approximate surface area is 207 Å². The molecule has 0 spiro atoms. The first kappa shape index (κ1) is 25.8. The van der Waals surface area contributed by atoms with Crippen molar-refractivity contribution in [2.45, 2.75) is 29.1 Å². The Balaban J connectivity index is 1.83. The third-order valence-corrected chi connectivity index (χ3v) is 6.80. The minimum absolute atomic E-state index is 0.515. The van der Waals surface area contributed by atoms with E-state index in [1.54, 1.807) is 0 Å². The van der Waals surface area contributed by atoms with E-state index in [4.69, 9.17) is 0 Å². The molecule has 2 nitrogen and oxygen atoms in total. The van der Waals surface area contributed by atoms with Crippen molar-refractivity contribution in [2.24, 2.45) is 0 Å². The molecule has 12 heteroatoms. The molecular formula is C26H12F10O2. The average Bonchev–Trinajstić information content (AvgIpc) is 2.93. The van der Waals surface area contributed by atoms with Gasteiger partial charge in [0.25, 0.3) is 0 Å². The predicted octanol–water partition coefficient (Wildman–Crippen LogP) is 6.94. The van der Waals surface area contributed by atoms with E-state index in [0.717, 1.165) is 36.4 Å². The highest BCUT2D eigenvalue weighted by atomic mass is 19.2. The number of allylic oxidation sites excluding steroid dienone is 2. The number of carbonyl (C=O) groups excluding carboxylic acids is 1. The van der Waals surface area contributed by atoms with Gasteiger partial charge < -0.3 is 4.74 Å². The van der Waals surface area contributed by atoms with Crippen LogP contribution in [-0.2, 0) is 10.5 Å². The van der Waals surface area contributed by atoms with E-state index in [0.29, 0.717) is 0 Å². The first-order valence-corrected chi connectivity index (χ1v) is 10.8. The molecule has 0 N–H and O–H groups in total. The summed E-state index contributed by atoms with van der Waals surface area (Å²) < 4.78 is 155. The smallest absolute Gasteiger partial charge is 0.242 e. The number of halogens is 10. The van der Waals surface area contributed by atoms with Crippen LogP contribution < -0.4 is 4.74 Å². The monoisotopic (exact) mass is 546 g/mol. The summed E-state index contributed by atoms with van der Waals surface area (Å²) in [5, 5.41) is 0. The van der Waals surface area contributed by atoms with Crippen LogP contribution in [0.25, 0.3) is 0 Å². The Hall–Kier alpha value is -3.83. The zero-order valence-corrected chi connectivity index (χ0v) is 18.5. The number of hydrogen-bond donors (Lipinski definition) is 0. The number of hydrogen-bond acceptors (Lipinski definition) is 2. The molecule has 3 aromatic carbocycles. The third-order valence-electron chi connectivity index (χ3n) is 6.80. The van der Waals surface area contributed by atoms with Crippen LogP contribution in [0.1, 0.15) is 17.0 Å². The van der Waals surface area contributed by atoms with Gasteiger partial charge in [0.2, 0.25) is 57.6 Å². The summed E-state index contributed by atoms with van der Waals surface area (Å²) in [5.74, 6) is -25.8. The lowest BCUT2D eigenvalue weighted by Gasteiger charge is -2.55. The van der Waals surface area contributed by atoms with Crippen molar-refractivity contribution in [2.75, 3.05) is 0 Å². The molecule has 1 saturated carbocycles. The van der Waals surface area contributed by atoms with Crippen molar-refractivity contribution in [3.8, 4) is 5.75 Å². The van der Waals surface area contributed by atoms with Crippen LogP contribution >= 0.6 is 0 Å². The van der Waals surface area contributed by atoms with Gasteiger partial charge in [-0.05, 0) is 5.56 Å². The molecule has 6 rings (SSSR count). The van der Waals surface area contributed by atoms with Crippen molar-refractivity contribution in [1.29, 1.82) is 0 Å². The molecule has 3 aliphatic carbocycles. The van der Waals surface area contributed by atoms with Crippen LogP contribution in [0.2, 0.25) is 0 Å². The highest BCUT2D eigenvalue weighted by molar-refractivity contribution is 6.04. The fourth-order valence-electron chi connectivity index (χ4n) is 4.98. The first-order chi connectivity index (χ1) is 17.8. The van der Waals surface area contributed by atoms with E-state index >= 15 is 22.0 Å². The number of Topliss-reactive ketones (excluding diaryl/α,β-unsaturated/α-hetero) is 1. The second-order valence-corrected chi connectivity index (χ2v) is 8.71. The Morgan fingerprint density at radius 3 is 1.68 bits per heavy atom. The van der Waals surface area contributed by atoms with Crippen molar-refractivity contribution in [1.82, 2.24) is 0 Å². The summed E-state index contributed by atoms with van der Waals surface area (Å²) in [6, 6.07) is 10.6. The van der Waals surface area contributed by atoms with Crippen LogP contribution in [0.5, 0.6) is 5.75 Å². The van der Waals surface area contributed by atoms with E-state index in [9.17, 15) is 26.7 Å². The summed E-state index contributed by atoms with van der Waals surface area (Å²) in [5.41, 5.74) is -14.9. The van der Waals surface area contributed by atoms with Crippen molar-refractivity contribution in [3.63, 3.8) is 0 Å². The van der Waals surface area contributed by atoms with Gasteiger partial charge in [-0.2, -0.15) is 8.78 Å². The SMILES string of the molecule is O=C1[C@@]2(F)C(Oc3c(F)c(F)c(F)c(F)c3F)=C(F)[C@](F)([C@@H](F)[C@@H]2c2ccccc2)[C@@]1(F)c1ccccc1. The predicted molar refractivity (Wildman–Crippen MR) is 111 cm³/mol. The molecule has 38 heavy (non-hydrogen) atoms. The second-order valence-electron chi connectivity index (χ2n) is 8.71. The van der Waals surface area contributed by atoms with Gasteiger partial charge in [-0.3, -0.25) is 4.79 Å². The van der Waals surface area contributed by atoms with E-state index in [1.165, 1.54) is 24.3 Å². The van der Waals surface area contributed by atoms with Crippen LogP contribution in [0.4, 0.5) is 43.9 Å². The number of fused-ring (bicyclic) bond motifs is 2. The molecule has 1 fully saturated rings. The zero-order valence-electron chi connectivity index (χ0n) is 18.5.